The lowest BCUT2D eigenvalue weighted by atomic mass is 10.1. The first kappa shape index (κ1) is 19.9. The van der Waals surface area contributed by atoms with E-state index >= 15 is 0 Å². The van der Waals surface area contributed by atoms with Crippen LogP contribution in [0.4, 0.5) is 0 Å². The van der Waals surface area contributed by atoms with Gasteiger partial charge in [0.15, 0.2) is 11.0 Å². The van der Waals surface area contributed by atoms with Crippen molar-refractivity contribution in [2.75, 3.05) is 12.4 Å². The Labute approximate surface area is 169 Å². The molecule has 0 saturated heterocycles. The number of nitrogens with zero attached hydrogens (tertiary/aromatic N) is 3. The van der Waals surface area contributed by atoms with Gasteiger partial charge in [-0.2, -0.15) is 0 Å². The van der Waals surface area contributed by atoms with Crippen molar-refractivity contribution in [3.63, 3.8) is 0 Å². The number of nitrogens with one attached hydrogen (secondary N) is 1. The van der Waals surface area contributed by atoms with E-state index in [1.807, 2.05) is 66.9 Å². The minimum absolute atomic E-state index is 0.111. The van der Waals surface area contributed by atoms with E-state index in [0.29, 0.717) is 18.7 Å². The number of benzene rings is 2. The van der Waals surface area contributed by atoms with Crippen molar-refractivity contribution in [2.45, 2.75) is 32.1 Å². The molecule has 1 amide bonds. The zero-order valence-corrected chi connectivity index (χ0v) is 16.9. The van der Waals surface area contributed by atoms with Gasteiger partial charge in [0.25, 0.3) is 5.91 Å². The summed E-state index contributed by atoms with van der Waals surface area (Å²) in [5.41, 5.74) is 1.70. The molecule has 0 saturated carbocycles. The minimum Gasteiger partial charge on any atom is -0.493 e. The van der Waals surface area contributed by atoms with Crippen molar-refractivity contribution in [1.29, 1.82) is 0 Å². The molecule has 3 rings (SSSR count). The van der Waals surface area contributed by atoms with Gasteiger partial charge >= 0.3 is 0 Å². The maximum absolute atomic E-state index is 12.3. The third-order valence-corrected chi connectivity index (χ3v) is 5.05. The molecule has 0 atom stereocenters. The molecule has 6 nitrogen and oxygen atoms in total. The van der Waals surface area contributed by atoms with Gasteiger partial charge in [0.1, 0.15) is 5.75 Å². The average molecular weight is 397 g/mol. The van der Waals surface area contributed by atoms with Crippen molar-refractivity contribution in [3.8, 4) is 5.75 Å². The first-order valence-electron chi connectivity index (χ1n) is 9.25. The van der Waals surface area contributed by atoms with E-state index in [1.54, 1.807) is 17.8 Å². The Kier molecular flexibility index (Phi) is 7.08. The molecule has 0 fully saturated rings. The van der Waals surface area contributed by atoms with Gasteiger partial charge in [-0.05, 0) is 38.1 Å². The van der Waals surface area contributed by atoms with E-state index in [2.05, 4.69) is 15.5 Å². The van der Waals surface area contributed by atoms with Gasteiger partial charge in [-0.25, -0.2) is 0 Å². The van der Waals surface area contributed by atoms with Crippen LogP contribution in [0.3, 0.4) is 0 Å². The number of aromatic nitrogens is 3. The van der Waals surface area contributed by atoms with Crippen molar-refractivity contribution in [1.82, 2.24) is 20.1 Å². The van der Waals surface area contributed by atoms with Gasteiger partial charge in [-0.3, -0.25) is 4.79 Å². The minimum atomic E-state index is -0.111. The van der Waals surface area contributed by atoms with Crippen LogP contribution in [0.25, 0.3) is 0 Å². The molecule has 0 unspecified atom stereocenters. The number of hydrogen-bond donors (Lipinski definition) is 1. The number of carbonyl (C=O) groups is 1. The van der Waals surface area contributed by atoms with Gasteiger partial charge in [-0.15, -0.1) is 10.2 Å². The van der Waals surface area contributed by atoms with E-state index in [4.69, 9.17) is 4.74 Å². The van der Waals surface area contributed by atoms with Crippen molar-refractivity contribution < 1.29 is 9.53 Å². The summed E-state index contributed by atoms with van der Waals surface area (Å²) in [6.45, 7) is 5.68. The van der Waals surface area contributed by atoms with Gasteiger partial charge in [0.05, 0.1) is 13.2 Å². The Morgan fingerprint density at radius 3 is 2.71 bits per heavy atom. The summed E-state index contributed by atoms with van der Waals surface area (Å²) in [5.74, 6) is 2.26. The van der Waals surface area contributed by atoms with E-state index < -0.39 is 0 Å². The molecule has 1 N–H and O–H groups in total. The fourth-order valence-corrected chi connectivity index (χ4v) is 3.57. The Morgan fingerprint density at radius 2 is 1.96 bits per heavy atom. The molecule has 28 heavy (non-hydrogen) atoms. The molecule has 0 radical (unpaired) electrons. The number of thioether (sulfide) groups is 1. The molecular weight excluding hydrogens is 372 g/mol. The molecule has 1 heterocycles. The van der Waals surface area contributed by atoms with E-state index in [1.165, 1.54) is 0 Å². The second-order valence-corrected chi connectivity index (χ2v) is 7.27. The number of para-hydroxylation sites is 1. The summed E-state index contributed by atoms with van der Waals surface area (Å²) in [7, 11) is 0. The summed E-state index contributed by atoms with van der Waals surface area (Å²) in [6.07, 6.45) is 0. The summed E-state index contributed by atoms with van der Waals surface area (Å²) in [4.78, 5) is 12.3. The molecule has 3 aromatic rings. The predicted octanol–water partition coefficient (Wildman–Crippen LogP) is 3.71. The lowest BCUT2D eigenvalue weighted by Gasteiger charge is -2.09. The lowest BCUT2D eigenvalue weighted by Crippen LogP contribution is -2.24. The van der Waals surface area contributed by atoms with E-state index in [0.717, 1.165) is 34.6 Å². The largest absolute Gasteiger partial charge is 0.493 e. The Bertz CT molecular complexity index is 912. The summed E-state index contributed by atoms with van der Waals surface area (Å²) >= 11 is 1.60. The number of aryl methyl sites for hydroxylation is 1. The van der Waals surface area contributed by atoms with Crippen LogP contribution in [0.1, 0.15) is 28.7 Å². The van der Waals surface area contributed by atoms with E-state index in [9.17, 15) is 4.79 Å². The highest BCUT2D eigenvalue weighted by Gasteiger charge is 2.13. The summed E-state index contributed by atoms with van der Waals surface area (Å²) < 4.78 is 7.73. The van der Waals surface area contributed by atoms with E-state index in [-0.39, 0.29) is 5.91 Å². The molecule has 0 aliphatic rings. The average Bonchev–Trinajstić information content (AvgIpc) is 3.12. The molecule has 7 heteroatoms. The first-order valence-corrected chi connectivity index (χ1v) is 10.2. The summed E-state index contributed by atoms with van der Waals surface area (Å²) in [5, 5.41) is 12.3. The normalized spacial score (nSPS) is 10.6. The van der Waals surface area contributed by atoms with Crippen molar-refractivity contribution in [2.24, 2.45) is 0 Å². The third kappa shape index (κ3) is 5.36. The monoisotopic (exact) mass is 396 g/mol. The maximum Gasteiger partial charge on any atom is 0.251 e. The van der Waals surface area contributed by atoms with Crippen LogP contribution in [0.2, 0.25) is 0 Å². The van der Waals surface area contributed by atoms with Crippen LogP contribution in [0, 0.1) is 6.92 Å². The van der Waals surface area contributed by atoms with Crippen LogP contribution in [0.15, 0.2) is 59.8 Å². The molecular formula is C21H24N4O2S. The molecule has 1 aromatic heterocycles. The maximum atomic E-state index is 12.3. The zero-order chi connectivity index (χ0) is 19.8. The number of ether oxygens (including phenoxy) is 1. The van der Waals surface area contributed by atoms with Gasteiger partial charge < -0.3 is 14.6 Å². The number of carbonyl (C=O) groups excluding carboxylic acids is 1. The van der Waals surface area contributed by atoms with Crippen LogP contribution in [-0.4, -0.2) is 33.0 Å². The van der Waals surface area contributed by atoms with Crippen LogP contribution in [-0.2, 0) is 13.1 Å². The first-order chi connectivity index (χ1) is 13.7. The molecule has 0 aliphatic heterocycles. The van der Waals surface area contributed by atoms with Gasteiger partial charge in [0, 0.05) is 17.9 Å². The molecule has 0 aliphatic carbocycles. The number of rotatable bonds is 9. The van der Waals surface area contributed by atoms with Crippen molar-refractivity contribution in [3.05, 3.63) is 71.5 Å². The van der Waals surface area contributed by atoms with Gasteiger partial charge in [-0.1, -0.05) is 47.7 Å². The Hall–Kier alpha value is -2.80. The number of amides is 1. The second kappa shape index (κ2) is 9.94. The fourth-order valence-electron chi connectivity index (χ4n) is 2.73. The smallest absolute Gasteiger partial charge is 0.251 e. The highest BCUT2D eigenvalue weighted by atomic mass is 32.2. The topological polar surface area (TPSA) is 69.0 Å². The lowest BCUT2D eigenvalue weighted by molar-refractivity contribution is 0.0949. The fraction of sp³-hybridized carbons (Fsp3) is 0.286. The number of hydrogen-bond acceptors (Lipinski definition) is 5. The van der Waals surface area contributed by atoms with Gasteiger partial charge in [0.2, 0.25) is 0 Å². The Balaban J connectivity index is 1.52. The highest BCUT2D eigenvalue weighted by molar-refractivity contribution is 7.99. The Morgan fingerprint density at radius 1 is 1.14 bits per heavy atom. The zero-order valence-electron chi connectivity index (χ0n) is 16.1. The predicted molar refractivity (Wildman–Crippen MR) is 111 cm³/mol. The highest BCUT2D eigenvalue weighted by Crippen LogP contribution is 2.18. The van der Waals surface area contributed by atoms with Crippen LogP contribution in [0.5, 0.6) is 5.75 Å². The summed E-state index contributed by atoms with van der Waals surface area (Å²) in [6, 6.07) is 17.3. The van der Waals surface area contributed by atoms with Crippen LogP contribution < -0.4 is 10.1 Å². The quantitative estimate of drug-likeness (QED) is 0.441. The molecule has 2 aromatic carbocycles. The van der Waals surface area contributed by atoms with Crippen LogP contribution >= 0.6 is 11.8 Å². The SMILES string of the molecule is CCn1c(CNC(=O)c2cccc(C)c2)nnc1SCCOc1ccccc1. The molecule has 0 spiro atoms. The second-order valence-electron chi connectivity index (χ2n) is 6.21. The van der Waals surface area contributed by atoms with Crippen molar-refractivity contribution >= 4 is 17.7 Å². The molecule has 0 bridgehead atoms. The molecule has 146 valence electrons. The standard InChI is InChI=1S/C21H24N4O2S/c1-3-25-19(15-22-20(26)17-9-7-8-16(2)14-17)23-24-21(25)28-13-12-27-18-10-5-4-6-11-18/h4-11,14H,3,12-13,15H2,1-2H3,(H,22,26). The third-order valence-electron chi connectivity index (χ3n) is 4.12.